The van der Waals surface area contributed by atoms with Crippen LogP contribution in [0.3, 0.4) is 0 Å². The average molecular weight is 323 g/mol. The second kappa shape index (κ2) is 6.45. The lowest BCUT2D eigenvalue weighted by Crippen LogP contribution is -2.30. The smallest absolute Gasteiger partial charge is 0.258 e. The van der Waals surface area contributed by atoms with Crippen molar-refractivity contribution in [2.45, 2.75) is 6.54 Å². The molecule has 0 saturated heterocycles. The minimum atomic E-state index is -0.441. The molecule has 0 aromatic heterocycles. The van der Waals surface area contributed by atoms with E-state index in [1.54, 1.807) is 30.3 Å². The van der Waals surface area contributed by atoms with E-state index in [0.29, 0.717) is 11.3 Å². The largest absolute Gasteiger partial charge is 0.348 e. The minimum Gasteiger partial charge on any atom is -0.348 e. The quantitative estimate of drug-likeness (QED) is 0.877. The summed E-state index contributed by atoms with van der Waals surface area (Å²) in [5, 5.41) is 2.71. The highest BCUT2D eigenvalue weighted by molar-refractivity contribution is 6.28. The predicted octanol–water partition coefficient (Wildman–Crippen LogP) is 2.19. The summed E-state index contributed by atoms with van der Waals surface area (Å²) in [6.07, 6.45) is 2.37. The Bertz CT molecular complexity index is 826. The number of imide groups is 1. The predicted molar refractivity (Wildman–Crippen MR) is 85.6 cm³/mol. The summed E-state index contributed by atoms with van der Waals surface area (Å²) in [4.78, 5) is 36.6. The Labute approximate surface area is 137 Å². The molecule has 24 heavy (non-hydrogen) atoms. The van der Waals surface area contributed by atoms with Crippen molar-refractivity contribution in [3.63, 3.8) is 0 Å². The Hall–Kier alpha value is -3.28. The van der Waals surface area contributed by atoms with E-state index in [0.717, 1.165) is 10.5 Å². The van der Waals surface area contributed by atoms with Crippen LogP contribution in [-0.4, -0.2) is 17.7 Å². The van der Waals surface area contributed by atoms with Gasteiger partial charge < -0.3 is 5.32 Å². The lowest BCUT2D eigenvalue weighted by Gasteiger charge is -2.14. The number of halogens is 1. The molecule has 1 aliphatic heterocycles. The molecule has 1 N–H and O–H groups in total. The molecule has 1 aliphatic rings. The summed E-state index contributed by atoms with van der Waals surface area (Å²) in [6, 6.07) is 12.0. The number of rotatable bonds is 4. The molecule has 0 unspecified atom stereocenters. The van der Waals surface area contributed by atoms with Crippen LogP contribution in [0.1, 0.15) is 15.9 Å². The third-order valence-corrected chi connectivity index (χ3v) is 3.54. The summed E-state index contributed by atoms with van der Waals surface area (Å²) < 4.78 is 12.9. The molecule has 0 spiro atoms. The summed E-state index contributed by atoms with van der Waals surface area (Å²) in [5.41, 5.74) is 1.42. The van der Waals surface area contributed by atoms with Gasteiger partial charge in [-0.3, -0.25) is 14.4 Å². The van der Waals surface area contributed by atoms with Gasteiger partial charge in [0.1, 0.15) is 5.82 Å². The maximum Gasteiger partial charge on any atom is 0.258 e. The van der Waals surface area contributed by atoms with Gasteiger partial charge in [-0.1, -0.05) is 18.2 Å². The fourth-order valence-electron chi connectivity index (χ4n) is 2.33. The minimum absolute atomic E-state index is 0.243. The molecule has 2 aromatic carbocycles. The number of hydrogen-bond acceptors (Lipinski definition) is 3. The molecule has 0 atom stereocenters. The molecule has 0 aliphatic carbocycles. The molecular formula is C18H13FN2O3. The zero-order valence-electron chi connectivity index (χ0n) is 12.5. The first-order chi connectivity index (χ1) is 11.5. The first-order valence-corrected chi connectivity index (χ1v) is 7.23. The van der Waals surface area contributed by atoms with Crippen molar-refractivity contribution in [1.29, 1.82) is 0 Å². The van der Waals surface area contributed by atoms with Crippen LogP contribution in [0.15, 0.2) is 60.7 Å². The van der Waals surface area contributed by atoms with Gasteiger partial charge >= 0.3 is 0 Å². The molecule has 0 bridgehead atoms. The van der Waals surface area contributed by atoms with E-state index >= 15 is 0 Å². The topological polar surface area (TPSA) is 66.5 Å². The van der Waals surface area contributed by atoms with Crippen molar-refractivity contribution in [3.8, 4) is 0 Å². The van der Waals surface area contributed by atoms with Crippen LogP contribution in [0, 0.1) is 5.82 Å². The van der Waals surface area contributed by atoms with E-state index in [1.807, 2.05) is 0 Å². The molecule has 3 rings (SSSR count). The van der Waals surface area contributed by atoms with E-state index in [9.17, 15) is 18.8 Å². The first kappa shape index (κ1) is 15.6. The van der Waals surface area contributed by atoms with Gasteiger partial charge in [0.2, 0.25) is 0 Å². The van der Waals surface area contributed by atoms with E-state index < -0.39 is 11.8 Å². The van der Waals surface area contributed by atoms with Gasteiger partial charge in [-0.2, -0.15) is 0 Å². The van der Waals surface area contributed by atoms with Gasteiger partial charge in [0.15, 0.2) is 0 Å². The molecule has 0 radical (unpaired) electrons. The van der Waals surface area contributed by atoms with Gasteiger partial charge in [0, 0.05) is 24.3 Å². The fraction of sp³-hybridized carbons (Fsp3) is 0.0556. The SMILES string of the molecule is O=C(NCc1ccc([18F])cc1)c1cccc(N2C(=O)C=CC2=O)c1. The van der Waals surface area contributed by atoms with Gasteiger partial charge in [-0.05, 0) is 35.9 Å². The fourth-order valence-corrected chi connectivity index (χ4v) is 2.33. The van der Waals surface area contributed by atoms with Gasteiger partial charge in [-0.15, -0.1) is 0 Å². The zero-order valence-corrected chi connectivity index (χ0v) is 12.5. The highest BCUT2D eigenvalue weighted by atomic mass is 18.2. The standard InChI is InChI=1S/C18H13FN2O3/c19-14-6-4-12(5-7-14)11-20-18(24)13-2-1-3-15(10-13)21-16(22)8-9-17(21)23/h1-10H,11H2,(H,20,24)/i19-1. The van der Waals surface area contributed by atoms with Gasteiger partial charge in [0.05, 0.1) is 5.69 Å². The van der Waals surface area contributed by atoms with Crippen LogP contribution in [0.4, 0.5) is 10.1 Å². The van der Waals surface area contributed by atoms with Crippen molar-refractivity contribution in [1.82, 2.24) is 5.32 Å². The van der Waals surface area contributed by atoms with E-state index in [1.165, 1.54) is 30.4 Å². The molecule has 0 fully saturated rings. The van der Waals surface area contributed by atoms with Crippen LogP contribution in [-0.2, 0) is 16.1 Å². The number of carbonyl (C=O) groups is 3. The normalized spacial score (nSPS) is 13.5. The number of amides is 3. The second-order valence-electron chi connectivity index (χ2n) is 5.20. The van der Waals surface area contributed by atoms with E-state index in [-0.39, 0.29) is 18.3 Å². The summed E-state index contributed by atoms with van der Waals surface area (Å²) >= 11 is 0. The number of hydrogen-bond donors (Lipinski definition) is 1. The molecule has 1 heterocycles. The van der Waals surface area contributed by atoms with Crippen molar-refractivity contribution < 1.29 is 18.8 Å². The zero-order chi connectivity index (χ0) is 17.1. The number of anilines is 1. The lowest BCUT2D eigenvalue weighted by atomic mass is 10.1. The molecule has 2 aromatic rings. The molecule has 6 heteroatoms. The Morgan fingerprint density at radius 2 is 1.67 bits per heavy atom. The number of benzene rings is 2. The van der Waals surface area contributed by atoms with E-state index in [4.69, 9.17) is 0 Å². The number of nitrogens with zero attached hydrogens (tertiary/aromatic N) is 1. The van der Waals surface area contributed by atoms with E-state index in [2.05, 4.69) is 5.32 Å². The Kier molecular flexibility index (Phi) is 4.20. The first-order valence-electron chi connectivity index (χ1n) is 7.23. The number of nitrogens with one attached hydrogen (secondary N) is 1. The molecule has 3 amide bonds. The van der Waals surface area contributed by atoms with Gasteiger partial charge in [-0.25, -0.2) is 9.29 Å². The van der Waals surface area contributed by atoms with Gasteiger partial charge in [0.25, 0.3) is 17.7 Å². The van der Waals surface area contributed by atoms with Crippen molar-refractivity contribution >= 4 is 23.4 Å². The van der Waals surface area contributed by atoms with Crippen LogP contribution < -0.4 is 10.2 Å². The van der Waals surface area contributed by atoms with Crippen LogP contribution in [0.5, 0.6) is 0 Å². The molecular weight excluding hydrogens is 310 g/mol. The Morgan fingerprint density at radius 1 is 1.00 bits per heavy atom. The molecule has 5 nitrogen and oxygen atoms in total. The van der Waals surface area contributed by atoms with Crippen LogP contribution in [0.2, 0.25) is 0 Å². The van der Waals surface area contributed by atoms with Crippen molar-refractivity contribution in [2.24, 2.45) is 0 Å². The lowest BCUT2D eigenvalue weighted by molar-refractivity contribution is -0.119. The second-order valence-corrected chi connectivity index (χ2v) is 5.20. The monoisotopic (exact) mass is 323 g/mol. The van der Waals surface area contributed by atoms with Crippen molar-refractivity contribution in [2.75, 3.05) is 4.90 Å². The molecule has 120 valence electrons. The maximum absolute atomic E-state index is 12.9. The highest BCUT2D eigenvalue weighted by Gasteiger charge is 2.25. The Balaban J connectivity index is 1.71. The summed E-state index contributed by atoms with van der Waals surface area (Å²) in [5.74, 6) is -1.58. The number of carbonyl (C=O) groups excluding carboxylic acids is 3. The van der Waals surface area contributed by atoms with Crippen LogP contribution in [0.25, 0.3) is 0 Å². The summed E-state index contributed by atoms with van der Waals surface area (Å²) in [7, 11) is 0. The highest BCUT2D eigenvalue weighted by Crippen LogP contribution is 2.20. The summed E-state index contributed by atoms with van der Waals surface area (Å²) in [6.45, 7) is 0.243. The third kappa shape index (κ3) is 3.22. The maximum atomic E-state index is 12.9. The van der Waals surface area contributed by atoms with Crippen molar-refractivity contribution in [3.05, 3.63) is 77.6 Å². The molecule has 0 saturated carbocycles. The third-order valence-electron chi connectivity index (χ3n) is 3.54. The van der Waals surface area contributed by atoms with Crippen LogP contribution >= 0.6 is 0 Å². The Morgan fingerprint density at radius 3 is 2.33 bits per heavy atom. The average Bonchev–Trinajstić information content (AvgIpc) is 2.93.